The van der Waals surface area contributed by atoms with E-state index in [-0.39, 0.29) is 18.2 Å². The van der Waals surface area contributed by atoms with Crippen LogP contribution in [0.25, 0.3) is 0 Å². The van der Waals surface area contributed by atoms with Gasteiger partial charge in [-0.1, -0.05) is 30.3 Å². The van der Waals surface area contributed by atoms with E-state index in [0.29, 0.717) is 37.8 Å². The molecule has 0 aromatic heterocycles. The number of hydrogen-bond donors (Lipinski definition) is 0. The molecule has 1 aliphatic heterocycles. The summed E-state index contributed by atoms with van der Waals surface area (Å²) in [5.41, 5.74) is 0.302. The third-order valence-electron chi connectivity index (χ3n) is 8.15. The van der Waals surface area contributed by atoms with Crippen molar-refractivity contribution in [2.45, 2.75) is 56.5 Å². The van der Waals surface area contributed by atoms with E-state index >= 15 is 0 Å². The SMILES string of the molecule is COC(=O)C1(c2ccccc2)CCN(C(=O)OC2C3CC4CC(C3)CC2C4)CC1. The molecule has 1 amide bonds. The Morgan fingerprint density at radius 1 is 0.931 bits per heavy atom. The van der Waals surface area contributed by atoms with Crippen molar-refractivity contribution in [2.75, 3.05) is 20.2 Å². The van der Waals surface area contributed by atoms with Gasteiger partial charge in [-0.25, -0.2) is 4.79 Å². The lowest BCUT2D eigenvalue weighted by atomic mass is 9.55. The minimum atomic E-state index is -0.671. The standard InChI is InChI=1S/C24H31NO4/c1-28-22(26)24(20-5-3-2-4-6-20)7-9-25(10-8-24)23(27)29-21-18-12-16-11-17(14-18)15-19(21)13-16/h2-6,16-19,21H,7-15H2,1H3. The normalized spacial score (nSPS) is 34.7. The molecule has 29 heavy (non-hydrogen) atoms. The van der Waals surface area contributed by atoms with Crippen LogP contribution in [0.1, 0.15) is 50.5 Å². The fraction of sp³-hybridized carbons (Fsp3) is 0.667. The molecule has 4 aliphatic carbocycles. The van der Waals surface area contributed by atoms with Crippen molar-refractivity contribution in [3.63, 3.8) is 0 Å². The average Bonchev–Trinajstić information content (AvgIpc) is 2.75. The van der Waals surface area contributed by atoms with E-state index in [9.17, 15) is 9.59 Å². The first-order valence-electron chi connectivity index (χ1n) is 11.2. The van der Waals surface area contributed by atoms with Crippen molar-refractivity contribution < 1.29 is 19.1 Å². The van der Waals surface area contributed by atoms with Gasteiger partial charge in [-0.2, -0.15) is 0 Å². The summed E-state index contributed by atoms with van der Waals surface area (Å²) < 4.78 is 11.3. The Kier molecular flexibility index (Phi) is 4.79. The molecule has 0 spiro atoms. The molecular formula is C24H31NO4. The fourth-order valence-corrected chi connectivity index (χ4v) is 6.89. The summed E-state index contributed by atoms with van der Waals surface area (Å²) in [5, 5.41) is 0. The summed E-state index contributed by atoms with van der Waals surface area (Å²) in [6.45, 7) is 1.05. The van der Waals surface area contributed by atoms with Crippen LogP contribution in [0.2, 0.25) is 0 Å². The number of ether oxygens (including phenoxy) is 2. The molecule has 1 saturated heterocycles. The molecule has 156 valence electrons. The molecule has 5 aliphatic rings. The van der Waals surface area contributed by atoms with Gasteiger partial charge < -0.3 is 14.4 Å². The maximum atomic E-state index is 13.0. The maximum absolute atomic E-state index is 13.0. The Bertz CT molecular complexity index is 740. The summed E-state index contributed by atoms with van der Waals surface area (Å²) in [4.78, 5) is 27.5. The number of benzene rings is 1. The first-order valence-corrected chi connectivity index (χ1v) is 11.2. The van der Waals surface area contributed by atoms with Crippen LogP contribution in [0.15, 0.2) is 30.3 Å². The molecule has 1 heterocycles. The minimum absolute atomic E-state index is 0.108. The van der Waals surface area contributed by atoms with Gasteiger partial charge in [0, 0.05) is 13.1 Å². The van der Waals surface area contributed by atoms with E-state index in [4.69, 9.17) is 9.47 Å². The molecule has 5 nitrogen and oxygen atoms in total. The Labute approximate surface area is 172 Å². The van der Waals surface area contributed by atoms with Crippen LogP contribution >= 0.6 is 0 Å². The third-order valence-corrected chi connectivity index (χ3v) is 8.15. The van der Waals surface area contributed by atoms with Crippen LogP contribution < -0.4 is 0 Å². The van der Waals surface area contributed by atoms with Gasteiger partial charge in [0.05, 0.1) is 12.5 Å². The van der Waals surface area contributed by atoms with Gasteiger partial charge in [0.25, 0.3) is 0 Å². The third kappa shape index (κ3) is 3.23. The number of hydrogen-bond acceptors (Lipinski definition) is 4. The summed E-state index contributed by atoms with van der Waals surface area (Å²) in [6.07, 6.45) is 7.42. The van der Waals surface area contributed by atoms with E-state index in [1.807, 2.05) is 30.3 Å². The molecule has 0 N–H and O–H groups in total. The minimum Gasteiger partial charge on any atom is -0.468 e. The summed E-state index contributed by atoms with van der Waals surface area (Å²) in [6, 6.07) is 9.82. The Balaban J connectivity index is 1.25. The van der Waals surface area contributed by atoms with Crippen molar-refractivity contribution >= 4 is 12.1 Å². The van der Waals surface area contributed by atoms with Gasteiger partial charge in [0.1, 0.15) is 6.10 Å². The Hall–Kier alpha value is -2.04. The molecule has 5 fully saturated rings. The first kappa shape index (κ1) is 19.0. The Morgan fingerprint density at radius 3 is 2.07 bits per heavy atom. The quantitative estimate of drug-likeness (QED) is 0.719. The number of carbonyl (C=O) groups is 2. The lowest BCUT2D eigenvalue weighted by Crippen LogP contribution is -2.53. The van der Waals surface area contributed by atoms with Gasteiger partial charge in [-0.3, -0.25) is 4.79 Å². The number of carbonyl (C=O) groups excluding carboxylic acids is 2. The second-order valence-corrected chi connectivity index (χ2v) is 9.71. The van der Waals surface area contributed by atoms with Crippen molar-refractivity contribution in [1.82, 2.24) is 4.90 Å². The van der Waals surface area contributed by atoms with Crippen LogP contribution in [0.4, 0.5) is 4.79 Å². The molecule has 4 saturated carbocycles. The monoisotopic (exact) mass is 397 g/mol. The molecule has 6 rings (SSSR count). The van der Waals surface area contributed by atoms with Crippen LogP contribution in [-0.4, -0.2) is 43.3 Å². The van der Waals surface area contributed by atoms with Crippen LogP contribution in [0.5, 0.6) is 0 Å². The van der Waals surface area contributed by atoms with Crippen molar-refractivity contribution in [3.05, 3.63) is 35.9 Å². The molecule has 1 aromatic rings. The second kappa shape index (κ2) is 7.33. The van der Waals surface area contributed by atoms with E-state index < -0.39 is 5.41 Å². The Morgan fingerprint density at radius 2 is 1.52 bits per heavy atom. The van der Waals surface area contributed by atoms with E-state index in [0.717, 1.165) is 17.4 Å². The molecule has 1 aromatic carbocycles. The predicted molar refractivity (Wildman–Crippen MR) is 108 cm³/mol. The van der Waals surface area contributed by atoms with Gasteiger partial charge >= 0.3 is 12.1 Å². The van der Waals surface area contributed by atoms with Gasteiger partial charge in [-0.05, 0) is 74.2 Å². The first-order chi connectivity index (χ1) is 14.1. The van der Waals surface area contributed by atoms with Crippen LogP contribution in [0, 0.1) is 23.7 Å². The number of rotatable bonds is 3. The average molecular weight is 398 g/mol. The second-order valence-electron chi connectivity index (χ2n) is 9.71. The van der Waals surface area contributed by atoms with E-state index in [1.165, 1.54) is 39.2 Å². The highest BCUT2D eigenvalue weighted by atomic mass is 16.6. The van der Waals surface area contributed by atoms with Crippen molar-refractivity contribution in [3.8, 4) is 0 Å². The van der Waals surface area contributed by atoms with Gasteiger partial charge in [-0.15, -0.1) is 0 Å². The molecule has 0 atom stereocenters. The molecule has 0 radical (unpaired) electrons. The van der Waals surface area contributed by atoms with Crippen LogP contribution in [0.3, 0.4) is 0 Å². The molecule has 4 bridgehead atoms. The zero-order valence-electron chi connectivity index (χ0n) is 17.2. The number of methoxy groups -OCH3 is 1. The summed E-state index contributed by atoms with van der Waals surface area (Å²) in [7, 11) is 1.44. The van der Waals surface area contributed by atoms with E-state index in [2.05, 4.69) is 0 Å². The van der Waals surface area contributed by atoms with Crippen LogP contribution in [-0.2, 0) is 19.7 Å². The van der Waals surface area contributed by atoms with Gasteiger partial charge in [0.2, 0.25) is 0 Å². The highest BCUT2D eigenvalue weighted by molar-refractivity contribution is 5.83. The molecule has 0 unspecified atom stereocenters. The summed E-state index contributed by atoms with van der Waals surface area (Å²) >= 11 is 0. The molecule has 5 heteroatoms. The lowest BCUT2D eigenvalue weighted by Gasteiger charge is -2.53. The highest BCUT2D eigenvalue weighted by Gasteiger charge is 2.51. The summed E-state index contributed by atoms with van der Waals surface area (Å²) in [5.74, 6) is 2.66. The smallest absolute Gasteiger partial charge is 0.410 e. The number of amides is 1. The maximum Gasteiger partial charge on any atom is 0.410 e. The van der Waals surface area contributed by atoms with E-state index in [1.54, 1.807) is 4.90 Å². The lowest BCUT2D eigenvalue weighted by molar-refractivity contribution is -0.150. The zero-order valence-corrected chi connectivity index (χ0v) is 17.2. The molecular weight excluding hydrogens is 366 g/mol. The highest BCUT2D eigenvalue weighted by Crippen LogP contribution is 2.54. The zero-order chi connectivity index (χ0) is 20.0. The number of piperidine rings is 1. The fourth-order valence-electron chi connectivity index (χ4n) is 6.89. The largest absolute Gasteiger partial charge is 0.468 e. The number of nitrogens with zero attached hydrogens (tertiary/aromatic N) is 1. The predicted octanol–water partition coefficient (Wildman–Crippen LogP) is 4.15. The van der Waals surface area contributed by atoms with Crippen molar-refractivity contribution in [2.24, 2.45) is 23.7 Å². The van der Waals surface area contributed by atoms with Gasteiger partial charge in [0.15, 0.2) is 0 Å². The topological polar surface area (TPSA) is 55.8 Å². The van der Waals surface area contributed by atoms with Crippen molar-refractivity contribution in [1.29, 1.82) is 0 Å². The number of likely N-dealkylation sites (tertiary alicyclic amines) is 1. The number of esters is 1.